The van der Waals surface area contributed by atoms with Crippen molar-refractivity contribution in [2.45, 2.75) is 40.0 Å². The summed E-state index contributed by atoms with van der Waals surface area (Å²) in [6, 6.07) is 5.84. The summed E-state index contributed by atoms with van der Waals surface area (Å²) >= 11 is 0. The van der Waals surface area contributed by atoms with Gasteiger partial charge in [0.1, 0.15) is 5.82 Å². The van der Waals surface area contributed by atoms with Gasteiger partial charge in [0.15, 0.2) is 5.78 Å². The van der Waals surface area contributed by atoms with Crippen LogP contribution in [0, 0.1) is 17.2 Å². The van der Waals surface area contributed by atoms with Crippen molar-refractivity contribution in [2.24, 2.45) is 11.3 Å². The van der Waals surface area contributed by atoms with E-state index >= 15 is 0 Å². The van der Waals surface area contributed by atoms with E-state index in [-0.39, 0.29) is 11.6 Å². The van der Waals surface area contributed by atoms with Gasteiger partial charge >= 0.3 is 0 Å². The van der Waals surface area contributed by atoms with Crippen LogP contribution in [0.1, 0.15) is 50.4 Å². The fraction of sp³-hybridized carbons (Fsp3) is 0.611. The molecular formula is C18H26FNO. The topological polar surface area (TPSA) is 20.3 Å². The molecule has 0 radical (unpaired) electrons. The fourth-order valence-electron chi connectivity index (χ4n) is 2.99. The second-order valence-electron chi connectivity index (χ2n) is 7.19. The highest BCUT2D eigenvalue weighted by molar-refractivity contribution is 5.95. The number of Topliss-reactive ketones (excluding diaryl/α,β-unsaturated/α-hetero) is 1. The molecule has 116 valence electrons. The highest BCUT2D eigenvalue weighted by Crippen LogP contribution is 2.33. The molecule has 2 rings (SSSR count). The molecule has 1 aliphatic heterocycles. The lowest BCUT2D eigenvalue weighted by molar-refractivity contribution is 0.0975. The highest BCUT2D eigenvalue weighted by Gasteiger charge is 2.31. The van der Waals surface area contributed by atoms with E-state index in [1.165, 1.54) is 18.6 Å². The van der Waals surface area contributed by atoms with Crippen LogP contribution in [-0.2, 0) is 0 Å². The fourth-order valence-corrected chi connectivity index (χ4v) is 2.99. The van der Waals surface area contributed by atoms with Crippen LogP contribution in [0.5, 0.6) is 0 Å². The number of likely N-dealkylation sites (tertiary alicyclic amines) is 1. The highest BCUT2D eigenvalue weighted by atomic mass is 19.1. The molecule has 1 heterocycles. The first-order chi connectivity index (χ1) is 9.86. The van der Waals surface area contributed by atoms with E-state index in [1.807, 2.05) is 0 Å². The standard InChI is InChI=1S/C18H26FNO/c1-18(2,3)15-10-12-20(13-15)11-4-5-17(21)14-6-8-16(19)9-7-14/h6-9,15H,4-5,10-13H2,1-3H3. The van der Waals surface area contributed by atoms with Gasteiger partial charge in [0.25, 0.3) is 0 Å². The van der Waals surface area contributed by atoms with Gasteiger partial charge in [0, 0.05) is 18.5 Å². The minimum absolute atomic E-state index is 0.113. The maximum absolute atomic E-state index is 12.8. The Bertz CT molecular complexity index is 475. The Kier molecular flexibility index (Phi) is 5.15. The van der Waals surface area contributed by atoms with Crippen LogP contribution in [0.3, 0.4) is 0 Å². The van der Waals surface area contributed by atoms with E-state index in [1.54, 1.807) is 12.1 Å². The molecule has 1 aromatic carbocycles. The molecule has 0 aromatic heterocycles. The molecule has 0 amide bonds. The number of hydrogen-bond acceptors (Lipinski definition) is 2. The summed E-state index contributed by atoms with van der Waals surface area (Å²) in [5.74, 6) is 0.573. The van der Waals surface area contributed by atoms with E-state index < -0.39 is 0 Å². The van der Waals surface area contributed by atoms with Gasteiger partial charge in [0.05, 0.1) is 0 Å². The molecular weight excluding hydrogens is 265 g/mol. The minimum atomic E-state index is -0.295. The Balaban J connectivity index is 1.73. The summed E-state index contributed by atoms with van der Waals surface area (Å²) in [6.07, 6.45) is 2.69. The van der Waals surface area contributed by atoms with Gasteiger partial charge in [-0.15, -0.1) is 0 Å². The van der Waals surface area contributed by atoms with Gasteiger partial charge in [-0.3, -0.25) is 4.79 Å². The van der Waals surface area contributed by atoms with Crippen LogP contribution in [-0.4, -0.2) is 30.3 Å². The molecule has 1 unspecified atom stereocenters. The molecule has 1 aromatic rings. The first-order valence-corrected chi connectivity index (χ1v) is 7.87. The molecule has 0 spiro atoms. The molecule has 0 bridgehead atoms. The summed E-state index contributed by atoms with van der Waals surface area (Å²) in [4.78, 5) is 14.5. The Morgan fingerprint density at radius 1 is 1.29 bits per heavy atom. The first-order valence-electron chi connectivity index (χ1n) is 7.87. The van der Waals surface area contributed by atoms with Gasteiger partial charge in [0.2, 0.25) is 0 Å². The van der Waals surface area contributed by atoms with Crippen molar-refractivity contribution in [3.05, 3.63) is 35.6 Å². The number of ketones is 1. The van der Waals surface area contributed by atoms with Crippen molar-refractivity contribution in [3.63, 3.8) is 0 Å². The number of halogens is 1. The van der Waals surface area contributed by atoms with E-state index in [2.05, 4.69) is 25.7 Å². The van der Waals surface area contributed by atoms with E-state index in [4.69, 9.17) is 0 Å². The third-order valence-corrected chi connectivity index (χ3v) is 4.54. The molecule has 1 atom stereocenters. The zero-order chi connectivity index (χ0) is 15.5. The molecule has 0 saturated carbocycles. The zero-order valence-electron chi connectivity index (χ0n) is 13.4. The van der Waals surface area contributed by atoms with Crippen LogP contribution >= 0.6 is 0 Å². The van der Waals surface area contributed by atoms with Gasteiger partial charge < -0.3 is 4.90 Å². The van der Waals surface area contributed by atoms with Crippen LogP contribution in [0.2, 0.25) is 0 Å². The second kappa shape index (κ2) is 6.69. The lowest BCUT2D eigenvalue weighted by atomic mass is 9.80. The van der Waals surface area contributed by atoms with Gasteiger partial charge in [-0.05, 0) is 61.5 Å². The zero-order valence-corrected chi connectivity index (χ0v) is 13.4. The number of nitrogens with zero attached hydrogens (tertiary/aromatic N) is 1. The van der Waals surface area contributed by atoms with E-state index in [0.717, 1.165) is 32.0 Å². The second-order valence-corrected chi connectivity index (χ2v) is 7.19. The maximum Gasteiger partial charge on any atom is 0.162 e. The minimum Gasteiger partial charge on any atom is -0.303 e. The summed E-state index contributed by atoms with van der Waals surface area (Å²) in [5.41, 5.74) is 0.990. The summed E-state index contributed by atoms with van der Waals surface area (Å²) in [5, 5.41) is 0. The Morgan fingerprint density at radius 2 is 1.95 bits per heavy atom. The van der Waals surface area contributed by atoms with Crippen molar-refractivity contribution < 1.29 is 9.18 Å². The maximum atomic E-state index is 12.8. The van der Waals surface area contributed by atoms with Crippen LogP contribution < -0.4 is 0 Å². The van der Waals surface area contributed by atoms with Crippen molar-refractivity contribution in [2.75, 3.05) is 19.6 Å². The van der Waals surface area contributed by atoms with Crippen molar-refractivity contribution in [1.29, 1.82) is 0 Å². The lowest BCUT2D eigenvalue weighted by Crippen LogP contribution is -2.27. The average molecular weight is 291 g/mol. The van der Waals surface area contributed by atoms with Crippen molar-refractivity contribution in [3.8, 4) is 0 Å². The van der Waals surface area contributed by atoms with Crippen LogP contribution in [0.25, 0.3) is 0 Å². The normalized spacial score (nSPS) is 19.9. The summed E-state index contributed by atoms with van der Waals surface area (Å²) < 4.78 is 12.8. The summed E-state index contributed by atoms with van der Waals surface area (Å²) in [7, 11) is 0. The molecule has 0 N–H and O–H groups in total. The van der Waals surface area contributed by atoms with E-state index in [0.29, 0.717) is 17.4 Å². The third-order valence-electron chi connectivity index (χ3n) is 4.54. The molecule has 21 heavy (non-hydrogen) atoms. The monoisotopic (exact) mass is 291 g/mol. The quantitative estimate of drug-likeness (QED) is 0.759. The Morgan fingerprint density at radius 3 is 2.52 bits per heavy atom. The molecule has 2 nitrogen and oxygen atoms in total. The van der Waals surface area contributed by atoms with Crippen molar-refractivity contribution in [1.82, 2.24) is 4.90 Å². The van der Waals surface area contributed by atoms with Crippen molar-refractivity contribution >= 4 is 5.78 Å². The van der Waals surface area contributed by atoms with Crippen LogP contribution in [0.15, 0.2) is 24.3 Å². The first kappa shape index (κ1) is 16.2. The lowest BCUT2D eigenvalue weighted by Gasteiger charge is -2.27. The smallest absolute Gasteiger partial charge is 0.162 e. The third kappa shape index (κ3) is 4.63. The van der Waals surface area contributed by atoms with Gasteiger partial charge in [-0.2, -0.15) is 0 Å². The Labute approximate surface area is 127 Å². The van der Waals surface area contributed by atoms with Gasteiger partial charge in [-0.25, -0.2) is 4.39 Å². The average Bonchev–Trinajstić information content (AvgIpc) is 2.88. The number of carbonyl (C=O) groups is 1. The predicted octanol–water partition coefficient (Wildman–Crippen LogP) is 4.16. The molecule has 1 aliphatic rings. The van der Waals surface area contributed by atoms with Crippen LogP contribution in [0.4, 0.5) is 4.39 Å². The summed E-state index contributed by atoms with van der Waals surface area (Å²) in [6.45, 7) is 10.2. The Hall–Kier alpha value is -1.22. The SMILES string of the molecule is CC(C)(C)C1CCN(CCCC(=O)c2ccc(F)cc2)C1. The molecule has 0 aliphatic carbocycles. The number of hydrogen-bond donors (Lipinski definition) is 0. The largest absolute Gasteiger partial charge is 0.303 e. The number of rotatable bonds is 5. The van der Waals surface area contributed by atoms with Gasteiger partial charge in [-0.1, -0.05) is 20.8 Å². The molecule has 1 saturated heterocycles. The molecule has 1 fully saturated rings. The molecule has 3 heteroatoms. The number of carbonyl (C=O) groups excluding carboxylic acids is 1. The van der Waals surface area contributed by atoms with E-state index in [9.17, 15) is 9.18 Å². The predicted molar refractivity (Wildman–Crippen MR) is 84.0 cm³/mol. The number of benzene rings is 1.